The summed E-state index contributed by atoms with van der Waals surface area (Å²) >= 11 is 0. The van der Waals surface area contributed by atoms with Gasteiger partial charge in [-0.05, 0) is 38.2 Å². The molecule has 5 rings (SSSR count). The van der Waals surface area contributed by atoms with Gasteiger partial charge in [-0.3, -0.25) is 0 Å². The molecule has 29 heavy (non-hydrogen) atoms. The normalized spacial score (nSPS) is 13.4. The molecule has 0 aliphatic heterocycles. The SMILES string of the molecule is Cc1nc(Cn2cnc(-c3ccccc3)c2-c2nccn2C)nc2c1CCCC2. The number of rotatable bonds is 4. The third kappa shape index (κ3) is 3.24. The van der Waals surface area contributed by atoms with Gasteiger partial charge in [-0.15, -0.1) is 0 Å². The van der Waals surface area contributed by atoms with Gasteiger partial charge in [0.05, 0.1) is 18.6 Å². The highest BCUT2D eigenvalue weighted by Crippen LogP contribution is 2.30. The fourth-order valence-corrected chi connectivity index (χ4v) is 4.21. The molecular formula is C23H24N6. The molecule has 1 aromatic carbocycles. The standard InChI is InChI=1S/C23H24N6/c1-16-18-10-6-7-11-19(18)27-20(26-16)14-29-15-25-21(17-8-4-3-5-9-17)22(29)23-24-12-13-28(23)2/h3-5,8-9,12-13,15H,6-7,10-11,14H2,1-2H3. The summed E-state index contributed by atoms with van der Waals surface area (Å²) < 4.78 is 4.15. The largest absolute Gasteiger partial charge is 0.333 e. The van der Waals surface area contributed by atoms with Crippen LogP contribution in [0.4, 0.5) is 0 Å². The van der Waals surface area contributed by atoms with E-state index in [0.717, 1.165) is 47.1 Å². The molecule has 146 valence electrons. The van der Waals surface area contributed by atoms with Gasteiger partial charge in [0.2, 0.25) is 0 Å². The van der Waals surface area contributed by atoms with Crippen molar-refractivity contribution in [1.29, 1.82) is 0 Å². The minimum Gasteiger partial charge on any atom is -0.333 e. The molecule has 0 fully saturated rings. The van der Waals surface area contributed by atoms with Gasteiger partial charge in [0.1, 0.15) is 11.5 Å². The minimum atomic E-state index is 0.580. The zero-order chi connectivity index (χ0) is 19.8. The van der Waals surface area contributed by atoms with E-state index >= 15 is 0 Å². The van der Waals surface area contributed by atoms with Crippen molar-refractivity contribution in [3.05, 3.63) is 71.8 Å². The molecule has 0 radical (unpaired) electrons. The molecule has 6 nitrogen and oxygen atoms in total. The Labute approximate surface area is 170 Å². The molecule has 0 bridgehead atoms. The van der Waals surface area contributed by atoms with Crippen LogP contribution < -0.4 is 0 Å². The molecule has 1 aliphatic rings. The first-order valence-electron chi connectivity index (χ1n) is 10.1. The van der Waals surface area contributed by atoms with E-state index in [4.69, 9.17) is 15.0 Å². The lowest BCUT2D eigenvalue weighted by Crippen LogP contribution is -2.14. The van der Waals surface area contributed by atoms with Crippen molar-refractivity contribution in [3.8, 4) is 22.8 Å². The molecule has 3 aromatic heterocycles. The van der Waals surface area contributed by atoms with Crippen LogP contribution in [0.1, 0.15) is 35.6 Å². The molecule has 3 heterocycles. The molecule has 6 heteroatoms. The second-order valence-electron chi connectivity index (χ2n) is 7.66. The smallest absolute Gasteiger partial charge is 0.158 e. The van der Waals surface area contributed by atoms with Gasteiger partial charge >= 0.3 is 0 Å². The monoisotopic (exact) mass is 384 g/mol. The molecule has 4 aromatic rings. The summed E-state index contributed by atoms with van der Waals surface area (Å²) in [6.45, 7) is 2.69. The summed E-state index contributed by atoms with van der Waals surface area (Å²) in [6.07, 6.45) is 10.3. The quantitative estimate of drug-likeness (QED) is 0.534. The zero-order valence-corrected chi connectivity index (χ0v) is 16.8. The van der Waals surface area contributed by atoms with Gasteiger partial charge in [-0.2, -0.15) is 0 Å². The Morgan fingerprint density at radius 2 is 1.83 bits per heavy atom. The maximum Gasteiger partial charge on any atom is 0.158 e. The van der Waals surface area contributed by atoms with Crippen molar-refractivity contribution in [2.24, 2.45) is 7.05 Å². The van der Waals surface area contributed by atoms with Crippen LogP contribution >= 0.6 is 0 Å². The van der Waals surface area contributed by atoms with Crippen LogP contribution in [-0.4, -0.2) is 29.1 Å². The third-order valence-electron chi connectivity index (χ3n) is 5.67. The van der Waals surface area contributed by atoms with Crippen molar-refractivity contribution in [2.45, 2.75) is 39.2 Å². The fraction of sp³-hybridized carbons (Fsp3) is 0.304. The lowest BCUT2D eigenvalue weighted by molar-refractivity contribution is 0.637. The first kappa shape index (κ1) is 17.8. The number of aromatic nitrogens is 6. The number of hydrogen-bond donors (Lipinski definition) is 0. The van der Waals surface area contributed by atoms with E-state index in [1.54, 1.807) is 0 Å². The zero-order valence-electron chi connectivity index (χ0n) is 16.8. The van der Waals surface area contributed by atoms with Crippen LogP contribution in [0, 0.1) is 6.92 Å². The first-order chi connectivity index (χ1) is 14.2. The number of aryl methyl sites for hydroxylation is 3. The summed E-state index contributed by atoms with van der Waals surface area (Å²) in [6, 6.07) is 10.3. The Balaban J connectivity index is 1.60. The van der Waals surface area contributed by atoms with Crippen LogP contribution in [0.15, 0.2) is 49.1 Å². The summed E-state index contributed by atoms with van der Waals surface area (Å²) in [7, 11) is 2.01. The van der Waals surface area contributed by atoms with E-state index in [2.05, 4.69) is 28.6 Å². The van der Waals surface area contributed by atoms with Gasteiger partial charge in [-0.25, -0.2) is 19.9 Å². The van der Waals surface area contributed by atoms with Crippen molar-refractivity contribution < 1.29 is 0 Å². The molecule has 0 saturated heterocycles. The van der Waals surface area contributed by atoms with Crippen LogP contribution in [0.25, 0.3) is 22.8 Å². The lowest BCUT2D eigenvalue weighted by atomic mass is 9.95. The van der Waals surface area contributed by atoms with Crippen molar-refractivity contribution in [1.82, 2.24) is 29.1 Å². The third-order valence-corrected chi connectivity index (χ3v) is 5.67. The molecule has 0 spiro atoms. The van der Waals surface area contributed by atoms with E-state index in [0.29, 0.717) is 6.54 Å². The fourth-order valence-electron chi connectivity index (χ4n) is 4.21. The maximum absolute atomic E-state index is 4.91. The van der Waals surface area contributed by atoms with E-state index in [-0.39, 0.29) is 0 Å². The van der Waals surface area contributed by atoms with E-state index in [9.17, 15) is 0 Å². The van der Waals surface area contributed by atoms with Gasteiger partial charge in [0.25, 0.3) is 0 Å². The molecule has 0 unspecified atom stereocenters. The lowest BCUT2D eigenvalue weighted by Gasteiger charge is -2.18. The molecule has 0 amide bonds. The van der Waals surface area contributed by atoms with Gasteiger partial charge in [0.15, 0.2) is 5.82 Å². The van der Waals surface area contributed by atoms with E-state index < -0.39 is 0 Å². The Hall–Kier alpha value is -3.28. The topological polar surface area (TPSA) is 61.4 Å². The molecular weight excluding hydrogens is 360 g/mol. The van der Waals surface area contributed by atoms with Crippen molar-refractivity contribution in [3.63, 3.8) is 0 Å². The Kier molecular flexibility index (Phi) is 4.46. The van der Waals surface area contributed by atoms with E-state index in [1.807, 2.05) is 48.5 Å². The number of benzene rings is 1. The van der Waals surface area contributed by atoms with Gasteiger partial charge < -0.3 is 9.13 Å². The van der Waals surface area contributed by atoms with Crippen LogP contribution in [0.3, 0.4) is 0 Å². The second-order valence-corrected chi connectivity index (χ2v) is 7.66. The first-order valence-corrected chi connectivity index (χ1v) is 10.1. The van der Waals surface area contributed by atoms with Crippen LogP contribution in [0.2, 0.25) is 0 Å². The molecule has 1 aliphatic carbocycles. The summed E-state index contributed by atoms with van der Waals surface area (Å²) in [5, 5.41) is 0. The Bertz CT molecular complexity index is 1160. The van der Waals surface area contributed by atoms with E-state index in [1.165, 1.54) is 24.1 Å². The number of nitrogens with zero attached hydrogens (tertiary/aromatic N) is 6. The average molecular weight is 384 g/mol. The summed E-state index contributed by atoms with van der Waals surface area (Å²) in [4.78, 5) is 19.1. The average Bonchev–Trinajstić information content (AvgIpc) is 3.34. The Morgan fingerprint density at radius 3 is 2.62 bits per heavy atom. The van der Waals surface area contributed by atoms with Gasteiger partial charge in [0, 0.05) is 36.4 Å². The van der Waals surface area contributed by atoms with Crippen LogP contribution in [0.5, 0.6) is 0 Å². The highest BCUT2D eigenvalue weighted by atomic mass is 15.1. The van der Waals surface area contributed by atoms with Crippen molar-refractivity contribution >= 4 is 0 Å². The van der Waals surface area contributed by atoms with Crippen LogP contribution in [-0.2, 0) is 26.4 Å². The predicted molar refractivity (Wildman–Crippen MR) is 112 cm³/mol. The number of fused-ring (bicyclic) bond motifs is 1. The minimum absolute atomic E-state index is 0.580. The van der Waals surface area contributed by atoms with Crippen molar-refractivity contribution in [2.75, 3.05) is 0 Å². The maximum atomic E-state index is 4.91. The number of imidazole rings is 2. The number of hydrogen-bond acceptors (Lipinski definition) is 4. The molecule has 0 atom stereocenters. The highest BCUT2D eigenvalue weighted by molar-refractivity contribution is 5.75. The second kappa shape index (κ2) is 7.28. The molecule has 0 N–H and O–H groups in total. The van der Waals surface area contributed by atoms with Gasteiger partial charge in [-0.1, -0.05) is 30.3 Å². The Morgan fingerprint density at radius 1 is 1.00 bits per heavy atom. The summed E-state index contributed by atoms with van der Waals surface area (Å²) in [5.74, 6) is 1.73. The predicted octanol–water partition coefficient (Wildman–Crippen LogP) is 3.98. The highest BCUT2D eigenvalue weighted by Gasteiger charge is 2.20. The summed E-state index contributed by atoms with van der Waals surface area (Å²) in [5.41, 5.74) is 6.68. The molecule has 0 saturated carbocycles.